The highest BCUT2D eigenvalue weighted by Crippen LogP contribution is 2.24. The molecule has 0 N–H and O–H groups in total. The first kappa shape index (κ1) is 16.6. The van der Waals surface area contributed by atoms with E-state index in [0.29, 0.717) is 6.42 Å². The number of hydrogen-bond donors (Lipinski definition) is 0. The van der Waals surface area contributed by atoms with Crippen molar-refractivity contribution in [2.75, 3.05) is 13.1 Å². The molecule has 118 valence electrons. The average molecular weight is 320 g/mol. The maximum absolute atomic E-state index is 13.3. The number of carbonyl (C=O) groups is 1. The van der Waals surface area contributed by atoms with Gasteiger partial charge in [-0.05, 0) is 25.0 Å². The Hall–Kier alpha value is -1.75. The molecule has 2 aromatic rings. The molecule has 0 fully saturated rings. The molecule has 0 saturated heterocycles. The number of halogens is 1. The van der Waals surface area contributed by atoms with Crippen molar-refractivity contribution in [1.29, 1.82) is 0 Å². The minimum absolute atomic E-state index is 0.111. The lowest BCUT2D eigenvalue weighted by molar-refractivity contribution is -0.130. The lowest BCUT2D eigenvalue weighted by Gasteiger charge is -2.20. The first-order valence-corrected chi connectivity index (χ1v) is 8.50. The molecule has 0 unspecified atom stereocenters. The molecule has 1 aromatic carbocycles. The van der Waals surface area contributed by atoms with Gasteiger partial charge in [0.1, 0.15) is 10.8 Å². The third-order valence-electron chi connectivity index (χ3n) is 3.30. The Morgan fingerprint density at radius 3 is 2.64 bits per heavy atom. The maximum atomic E-state index is 13.3. The minimum Gasteiger partial charge on any atom is -0.342 e. The Morgan fingerprint density at radius 2 is 2.00 bits per heavy atom. The highest BCUT2D eigenvalue weighted by atomic mass is 32.1. The molecule has 1 aromatic heterocycles. The Kier molecular flexibility index (Phi) is 6.07. The minimum atomic E-state index is -0.276. The number of rotatable bonds is 7. The average Bonchev–Trinajstić information content (AvgIpc) is 2.95. The molecule has 0 spiro atoms. The molecule has 22 heavy (non-hydrogen) atoms. The standard InChI is InChI=1S/C17H21FN2OS/c1-3-8-20(9-4-2)16(21)11-15-12-22-17(19-15)13-6-5-7-14(18)10-13/h5-7,10,12H,3-4,8-9,11H2,1-2H3. The molecular formula is C17H21FN2OS. The number of thiazole rings is 1. The summed E-state index contributed by atoms with van der Waals surface area (Å²) in [6, 6.07) is 6.37. The zero-order valence-electron chi connectivity index (χ0n) is 13.0. The van der Waals surface area contributed by atoms with E-state index in [-0.39, 0.29) is 11.7 Å². The van der Waals surface area contributed by atoms with Crippen LogP contribution in [0.2, 0.25) is 0 Å². The molecule has 0 bridgehead atoms. The van der Waals surface area contributed by atoms with E-state index >= 15 is 0 Å². The summed E-state index contributed by atoms with van der Waals surface area (Å²) < 4.78 is 13.3. The van der Waals surface area contributed by atoms with Gasteiger partial charge in [0.15, 0.2) is 0 Å². The van der Waals surface area contributed by atoms with Crippen LogP contribution >= 0.6 is 11.3 Å². The quantitative estimate of drug-likeness (QED) is 0.768. The summed E-state index contributed by atoms with van der Waals surface area (Å²) in [5.74, 6) is -0.165. The molecule has 0 saturated carbocycles. The number of benzene rings is 1. The lowest BCUT2D eigenvalue weighted by Crippen LogP contribution is -2.33. The van der Waals surface area contributed by atoms with Gasteiger partial charge in [0.25, 0.3) is 0 Å². The Bertz CT molecular complexity index is 621. The van der Waals surface area contributed by atoms with Gasteiger partial charge in [-0.1, -0.05) is 26.0 Å². The fourth-order valence-electron chi connectivity index (χ4n) is 2.31. The van der Waals surface area contributed by atoms with Crippen LogP contribution in [-0.2, 0) is 11.2 Å². The van der Waals surface area contributed by atoms with Gasteiger partial charge in [0.05, 0.1) is 12.1 Å². The number of amides is 1. The van der Waals surface area contributed by atoms with E-state index in [1.165, 1.54) is 23.5 Å². The van der Waals surface area contributed by atoms with Crippen LogP contribution in [0.15, 0.2) is 29.6 Å². The SMILES string of the molecule is CCCN(CCC)C(=O)Cc1csc(-c2cccc(F)c2)n1. The van der Waals surface area contributed by atoms with Crippen LogP contribution in [0.1, 0.15) is 32.4 Å². The van der Waals surface area contributed by atoms with Crippen molar-refractivity contribution in [3.8, 4) is 10.6 Å². The summed E-state index contributed by atoms with van der Waals surface area (Å²) >= 11 is 1.44. The molecule has 5 heteroatoms. The Morgan fingerprint density at radius 1 is 1.27 bits per heavy atom. The number of carbonyl (C=O) groups excluding carboxylic acids is 1. The lowest BCUT2D eigenvalue weighted by atomic mass is 10.2. The highest BCUT2D eigenvalue weighted by molar-refractivity contribution is 7.13. The zero-order chi connectivity index (χ0) is 15.9. The second kappa shape index (κ2) is 8.03. The number of aromatic nitrogens is 1. The van der Waals surface area contributed by atoms with Gasteiger partial charge in [-0.25, -0.2) is 9.37 Å². The van der Waals surface area contributed by atoms with Crippen molar-refractivity contribution in [2.24, 2.45) is 0 Å². The molecule has 0 radical (unpaired) electrons. The fraction of sp³-hybridized carbons (Fsp3) is 0.412. The highest BCUT2D eigenvalue weighted by Gasteiger charge is 2.14. The third kappa shape index (κ3) is 4.37. The zero-order valence-corrected chi connectivity index (χ0v) is 13.8. The predicted molar refractivity (Wildman–Crippen MR) is 88.4 cm³/mol. The van der Waals surface area contributed by atoms with Crippen LogP contribution in [0, 0.1) is 5.82 Å². The smallest absolute Gasteiger partial charge is 0.228 e. The molecule has 2 rings (SSSR count). The van der Waals surface area contributed by atoms with Crippen molar-refractivity contribution in [3.63, 3.8) is 0 Å². The first-order chi connectivity index (χ1) is 10.6. The predicted octanol–water partition coefficient (Wildman–Crippen LogP) is 4.14. The number of hydrogen-bond acceptors (Lipinski definition) is 3. The third-order valence-corrected chi connectivity index (χ3v) is 4.24. The van der Waals surface area contributed by atoms with Gasteiger partial charge in [0, 0.05) is 24.0 Å². The van der Waals surface area contributed by atoms with Crippen molar-refractivity contribution >= 4 is 17.2 Å². The first-order valence-electron chi connectivity index (χ1n) is 7.62. The van der Waals surface area contributed by atoms with Crippen LogP contribution in [0.4, 0.5) is 4.39 Å². The Balaban J connectivity index is 2.06. The largest absolute Gasteiger partial charge is 0.342 e. The van der Waals surface area contributed by atoms with E-state index in [4.69, 9.17) is 0 Å². The molecule has 1 amide bonds. The van der Waals surface area contributed by atoms with Gasteiger partial charge in [-0.2, -0.15) is 0 Å². The van der Waals surface area contributed by atoms with Gasteiger partial charge in [-0.15, -0.1) is 11.3 Å². The normalized spacial score (nSPS) is 10.7. The summed E-state index contributed by atoms with van der Waals surface area (Å²) in [6.45, 7) is 5.71. The maximum Gasteiger partial charge on any atom is 0.228 e. The van der Waals surface area contributed by atoms with Crippen LogP contribution in [0.5, 0.6) is 0 Å². The van der Waals surface area contributed by atoms with E-state index in [9.17, 15) is 9.18 Å². The van der Waals surface area contributed by atoms with Crippen LogP contribution < -0.4 is 0 Å². The molecular weight excluding hydrogens is 299 g/mol. The van der Waals surface area contributed by atoms with Crippen molar-refractivity contribution in [2.45, 2.75) is 33.1 Å². The van der Waals surface area contributed by atoms with Crippen LogP contribution in [-0.4, -0.2) is 28.9 Å². The molecule has 0 aliphatic heterocycles. The van der Waals surface area contributed by atoms with E-state index < -0.39 is 0 Å². The monoisotopic (exact) mass is 320 g/mol. The molecule has 3 nitrogen and oxygen atoms in total. The van der Waals surface area contributed by atoms with Crippen molar-refractivity contribution in [3.05, 3.63) is 41.2 Å². The van der Waals surface area contributed by atoms with E-state index in [0.717, 1.165) is 42.2 Å². The topological polar surface area (TPSA) is 33.2 Å². The summed E-state index contributed by atoms with van der Waals surface area (Å²) in [6.07, 6.45) is 2.22. The van der Waals surface area contributed by atoms with Crippen molar-refractivity contribution < 1.29 is 9.18 Å². The van der Waals surface area contributed by atoms with E-state index in [1.54, 1.807) is 6.07 Å². The molecule has 0 aliphatic rings. The molecule has 1 heterocycles. The summed E-state index contributed by atoms with van der Waals surface area (Å²) in [5.41, 5.74) is 1.51. The second-order valence-electron chi connectivity index (χ2n) is 5.21. The fourth-order valence-corrected chi connectivity index (χ4v) is 3.13. The number of nitrogens with zero attached hydrogens (tertiary/aromatic N) is 2. The van der Waals surface area contributed by atoms with Gasteiger partial charge >= 0.3 is 0 Å². The van der Waals surface area contributed by atoms with E-state index in [2.05, 4.69) is 18.8 Å². The molecule has 0 atom stereocenters. The van der Waals surface area contributed by atoms with Gasteiger partial charge < -0.3 is 4.90 Å². The van der Waals surface area contributed by atoms with Crippen LogP contribution in [0.3, 0.4) is 0 Å². The van der Waals surface area contributed by atoms with Crippen molar-refractivity contribution in [1.82, 2.24) is 9.88 Å². The summed E-state index contributed by atoms with van der Waals surface area (Å²) in [4.78, 5) is 18.7. The summed E-state index contributed by atoms with van der Waals surface area (Å²) in [5, 5.41) is 2.63. The second-order valence-corrected chi connectivity index (χ2v) is 6.07. The van der Waals surface area contributed by atoms with Gasteiger partial charge in [-0.3, -0.25) is 4.79 Å². The summed E-state index contributed by atoms with van der Waals surface area (Å²) in [7, 11) is 0. The van der Waals surface area contributed by atoms with Gasteiger partial charge in [0.2, 0.25) is 5.91 Å². The molecule has 0 aliphatic carbocycles. The Labute approximate surface area is 134 Å². The van der Waals surface area contributed by atoms with Crippen LogP contribution in [0.25, 0.3) is 10.6 Å². The van der Waals surface area contributed by atoms with E-state index in [1.807, 2.05) is 16.3 Å².